The molecule has 0 aromatic heterocycles. The predicted octanol–water partition coefficient (Wildman–Crippen LogP) is -2.28. The van der Waals surface area contributed by atoms with Gasteiger partial charge in [0.1, 0.15) is 0 Å². The summed E-state index contributed by atoms with van der Waals surface area (Å²) in [6, 6.07) is 2.81. The van der Waals surface area contributed by atoms with Gasteiger partial charge in [0.25, 0.3) is 0 Å². The smallest absolute Gasteiger partial charge is 0.370 e. The standard InChI is InChI=1S/C12H20N2O2.C12H19N2O2.K/c2*1-4-6-14(5-2)8-7-13(3)10-9-11(15)12(10)16;/h9H,4-8H2,1-3H3;9H,2,4-8H2,1,3H3;/q;-1;+1. The largest absolute Gasteiger partial charge is 1.00 e. The van der Waals surface area contributed by atoms with Crippen LogP contribution in [0.4, 0.5) is 11.4 Å². The van der Waals surface area contributed by atoms with Crippen molar-refractivity contribution < 1.29 is 51.4 Å². The molecule has 0 heterocycles. The first-order valence-corrected chi connectivity index (χ1v) is 11.5. The van der Waals surface area contributed by atoms with Gasteiger partial charge in [-0.15, -0.1) is 6.54 Å². The minimum absolute atomic E-state index is 0. The Kier molecular flexibility index (Phi) is 16.5. The van der Waals surface area contributed by atoms with Gasteiger partial charge in [0.2, 0.25) is 21.7 Å². The zero-order valence-corrected chi connectivity index (χ0v) is 24.5. The molecule has 0 spiro atoms. The van der Waals surface area contributed by atoms with E-state index in [9.17, 15) is 19.2 Å². The molecular formula is C24H39KN4O4. The van der Waals surface area contributed by atoms with Crippen LogP contribution in [-0.2, 0) is 0 Å². The molecular weight excluding hydrogens is 447 g/mol. The zero-order chi connectivity index (χ0) is 24.3. The van der Waals surface area contributed by atoms with Crippen LogP contribution in [0.1, 0.15) is 33.6 Å². The molecule has 0 unspecified atom stereocenters. The first kappa shape index (κ1) is 32.3. The van der Waals surface area contributed by atoms with Crippen LogP contribution in [-0.4, -0.2) is 76.3 Å². The van der Waals surface area contributed by atoms with Crippen molar-refractivity contribution in [3.8, 4) is 0 Å². The van der Waals surface area contributed by atoms with Crippen LogP contribution in [0.25, 0.3) is 0 Å². The van der Waals surface area contributed by atoms with Gasteiger partial charge in [-0.25, -0.2) is 0 Å². The van der Waals surface area contributed by atoms with E-state index in [1.165, 1.54) is 12.1 Å². The molecule has 0 N–H and O–H groups in total. The summed E-state index contributed by atoms with van der Waals surface area (Å²) in [6.45, 7) is 17.5. The second-order valence-electron chi connectivity index (χ2n) is 8.06. The Morgan fingerprint density at radius 3 is 1.36 bits per heavy atom. The van der Waals surface area contributed by atoms with E-state index in [-0.39, 0.29) is 73.1 Å². The average molecular weight is 487 g/mol. The summed E-state index contributed by atoms with van der Waals surface area (Å²) in [6.07, 6.45) is 2.23. The van der Waals surface area contributed by atoms with Gasteiger partial charge in [0.15, 0.2) is 0 Å². The van der Waals surface area contributed by atoms with Crippen LogP contribution in [0.3, 0.4) is 0 Å². The van der Waals surface area contributed by atoms with E-state index >= 15 is 0 Å². The minimum atomic E-state index is -0.385. The predicted molar refractivity (Wildman–Crippen MR) is 134 cm³/mol. The van der Waals surface area contributed by atoms with E-state index in [1.807, 2.05) is 23.9 Å². The van der Waals surface area contributed by atoms with Crippen molar-refractivity contribution in [3.63, 3.8) is 0 Å². The summed E-state index contributed by atoms with van der Waals surface area (Å²) in [5.41, 5.74) is -0.379. The Balaban J connectivity index is 0.000000602. The molecule has 0 fully saturated rings. The third kappa shape index (κ3) is 10.2. The van der Waals surface area contributed by atoms with Gasteiger partial charge in [-0.1, -0.05) is 20.8 Å². The van der Waals surface area contributed by atoms with Crippen molar-refractivity contribution in [2.75, 3.05) is 76.3 Å². The molecule has 0 saturated carbocycles. The maximum absolute atomic E-state index is 11.2. The second kappa shape index (κ2) is 16.9. The molecule has 2 rings (SSSR count). The Labute approximate surface area is 240 Å². The summed E-state index contributed by atoms with van der Waals surface area (Å²) in [5, 5.41) is 0. The molecule has 8 nitrogen and oxygen atoms in total. The van der Waals surface area contributed by atoms with Crippen molar-refractivity contribution in [1.29, 1.82) is 0 Å². The molecule has 0 bridgehead atoms. The third-order valence-electron chi connectivity index (χ3n) is 5.62. The van der Waals surface area contributed by atoms with Crippen molar-refractivity contribution in [1.82, 2.24) is 9.80 Å². The first-order chi connectivity index (χ1) is 15.2. The van der Waals surface area contributed by atoms with Crippen molar-refractivity contribution >= 4 is 11.4 Å². The molecule has 0 aliphatic heterocycles. The van der Waals surface area contributed by atoms with Gasteiger partial charge >= 0.3 is 51.4 Å². The van der Waals surface area contributed by atoms with Gasteiger partial charge < -0.3 is 26.5 Å². The van der Waals surface area contributed by atoms with Crippen LogP contribution in [0.5, 0.6) is 0 Å². The molecule has 33 heavy (non-hydrogen) atoms. The maximum Gasteiger partial charge on any atom is 1.00 e. The fourth-order valence-electron chi connectivity index (χ4n) is 3.39. The molecule has 180 valence electrons. The van der Waals surface area contributed by atoms with E-state index in [0.717, 1.165) is 65.2 Å². The summed E-state index contributed by atoms with van der Waals surface area (Å²) in [5.74, 6) is 0. The van der Waals surface area contributed by atoms with E-state index in [2.05, 4.69) is 37.5 Å². The van der Waals surface area contributed by atoms with Gasteiger partial charge in [0, 0.05) is 52.4 Å². The summed E-state index contributed by atoms with van der Waals surface area (Å²) in [4.78, 5) is 52.1. The maximum atomic E-state index is 11.2. The van der Waals surface area contributed by atoms with E-state index < -0.39 is 0 Å². The Bertz CT molecular complexity index is 870. The molecule has 0 aliphatic carbocycles. The fraction of sp³-hybridized carbons (Fsp3) is 0.625. The number of nitrogens with zero attached hydrogens (tertiary/aromatic N) is 4. The third-order valence-corrected chi connectivity index (χ3v) is 5.62. The molecule has 2 aromatic rings. The molecule has 0 aliphatic rings. The molecule has 0 atom stereocenters. The molecule has 2 aromatic carbocycles. The number of rotatable bonds is 14. The SMILES string of the molecule is CCCN(CC)CCN(C)c1cc(=O)c1=O.[CH2-]CN(CCC)CCN(C)c1cc(=O)c1=O.[K+]. The Hall–Kier alpha value is -0.684. The molecule has 0 saturated heterocycles. The number of anilines is 2. The first-order valence-electron chi connectivity index (χ1n) is 11.5. The average Bonchev–Trinajstić information content (AvgIpc) is 2.80. The number of likely N-dealkylation sites (N-methyl/N-ethyl adjacent to an activating group) is 3. The van der Waals surface area contributed by atoms with Gasteiger partial charge in [-0.3, -0.25) is 19.2 Å². The van der Waals surface area contributed by atoms with Crippen molar-refractivity contribution in [2.45, 2.75) is 33.6 Å². The Morgan fingerprint density at radius 1 is 0.667 bits per heavy atom. The van der Waals surface area contributed by atoms with E-state index in [0.29, 0.717) is 11.4 Å². The fourth-order valence-corrected chi connectivity index (χ4v) is 3.39. The zero-order valence-electron chi connectivity index (χ0n) is 21.4. The summed E-state index contributed by atoms with van der Waals surface area (Å²) in [7, 11) is 3.69. The van der Waals surface area contributed by atoms with Gasteiger partial charge in [-0.05, 0) is 32.5 Å². The molecule has 0 amide bonds. The van der Waals surface area contributed by atoms with Gasteiger partial charge in [-0.2, -0.15) is 0 Å². The second-order valence-corrected chi connectivity index (χ2v) is 8.06. The molecule has 9 heteroatoms. The topological polar surface area (TPSA) is 81.2 Å². The minimum Gasteiger partial charge on any atom is -0.370 e. The van der Waals surface area contributed by atoms with Crippen LogP contribution in [0.2, 0.25) is 0 Å². The van der Waals surface area contributed by atoms with E-state index in [4.69, 9.17) is 0 Å². The Morgan fingerprint density at radius 2 is 1.06 bits per heavy atom. The molecule has 0 radical (unpaired) electrons. The summed E-state index contributed by atoms with van der Waals surface area (Å²) < 4.78 is 0. The van der Waals surface area contributed by atoms with Crippen LogP contribution < -0.4 is 82.9 Å². The quantitative estimate of drug-likeness (QED) is 0.168. The number of hydrogen-bond acceptors (Lipinski definition) is 8. The van der Waals surface area contributed by atoms with Crippen LogP contribution in [0, 0.1) is 6.92 Å². The van der Waals surface area contributed by atoms with Crippen molar-refractivity contribution in [2.24, 2.45) is 0 Å². The van der Waals surface area contributed by atoms with Crippen LogP contribution in [0.15, 0.2) is 31.3 Å². The van der Waals surface area contributed by atoms with Crippen LogP contribution >= 0.6 is 0 Å². The monoisotopic (exact) mass is 486 g/mol. The summed E-state index contributed by atoms with van der Waals surface area (Å²) >= 11 is 0. The van der Waals surface area contributed by atoms with Crippen molar-refractivity contribution in [3.05, 3.63) is 59.9 Å². The number of hydrogen-bond donors (Lipinski definition) is 0. The van der Waals surface area contributed by atoms with Gasteiger partial charge in [0.05, 0.1) is 11.4 Å². The van der Waals surface area contributed by atoms with E-state index in [1.54, 1.807) is 0 Å². The normalized spacial score (nSPS) is 10.9.